The standard InChI is InChI=1S/C47H49NO5P2/c49-45(34-18-6-1-7-19-34)48-32-41(52-46(50)39-28-16-30-43(39)54(35-20-8-2-9-21-35)36-22-10-3-11-23-36)42(33-48)53-47(51)40-29-17-31-44(40)55(37-24-12-4-13-25-37)38-26-14-5-15-27-38/h1-15,18-27,39-44,46,50H,16-17,28-33H2. The monoisotopic (exact) mass is 769 g/mol. The molecule has 55 heavy (non-hydrogen) atoms. The minimum absolute atomic E-state index is 0.0961. The second-order valence-corrected chi connectivity index (χ2v) is 19.8. The molecule has 1 N–H and O–H groups in total. The predicted octanol–water partition coefficient (Wildman–Crippen LogP) is 7.36. The third-order valence-corrected chi connectivity index (χ3v) is 17.6. The summed E-state index contributed by atoms with van der Waals surface area (Å²) in [5.74, 6) is -0.718. The van der Waals surface area contributed by atoms with Gasteiger partial charge in [-0.15, -0.1) is 0 Å². The number of ether oxygens (including phenoxy) is 2. The van der Waals surface area contributed by atoms with Crippen molar-refractivity contribution in [1.29, 1.82) is 0 Å². The topological polar surface area (TPSA) is 76.1 Å². The van der Waals surface area contributed by atoms with Crippen molar-refractivity contribution in [1.82, 2.24) is 4.90 Å². The number of likely N-dealkylation sites (tertiary alicyclic amines) is 1. The van der Waals surface area contributed by atoms with Crippen molar-refractivity contribution in [3.63, 3.8) is 0 Å². The van der Waals surface area contributed by atoms with Crippen LogP contribution in [-0.2, 0) is 14.3 Å². The average Bonchev–Trinajstić information content (AvgIpc) is 4.01. The smallest absolute Gasteiger partial charge is 0.310 e. The van der Waals surface area contributed by atoms with Gasteiger partial charge in [0.05, 0.1) is 19.0 Å². The lowest BCUT2D eigenvalue weighted by molar-refractivity contribution is -0.190. The highest BCUT2D eigenvalue weighted by atomic mass is 31.1. The Bertz CT molecular complexity index is 1910. The molecule has 5 aromatic rings. The zero-order valence-electron chi connectivity index (χ0n) is 31.1. The van der Waals surface area contributed by atoms with E-state index in [1.54, 1.807) is 4.90 Å². The fourth-order valence-corrected chi connectivity index (χ4v) is 15.3. The molecule has 1 aliphatic heterocycles. The molecule has 1 saturated heterocycles. The third kappa shape index (κ3) is 8.49. The van der Waals surface area contributed by atoms with Gasteiger partial charge in [0.2, 0.25) is 0 Å². The Morgan fingerprint density at radius 2 is 1.00 bits per heavy atom. The molecule has 5 aromatic carbocycles. The number of carbonyl (C=O) groups excluding carboxylic acids is 2. The van der Waals surface area contributed by atoms with Crippen LogP contribution in [0.3, 0.4) is 0 Å². The Balaban J connectivity index is 1.04. The summed E-state index contributed by atoms with van der Waals surface area (Å²) in [5, 5.41) is 17.1. The highest BCUT2D eigenvalue weighted by Gasteiger charge is 2.47. The fraction of sp³-hybridized carbons (Fsp3) is 0.319. The molecule has 6 nitrogen and oxygen atoms in total. The Labute approximate surface area is 327 Å². The van der Waals surface area contributed by atoms with Crippen LogP contribution in [0.25, 0.3) is 0 Å². The summed E-state index contributed by atoms with van der Waals surface area (Å²) >= 11 is 0. The number of hydrogen-bond donors (Lipinski definition) is 1. The summed E-state index contributed by atoms with van der Waals surface area (Å²) in [4.78, 5) is 30.0. The van der Waals surface area contributed by atoms with Gasteiger partial charge in [0.25, 0.3) is 5.91 Å². The molecular weight excluding hydrogens is 720 g/mol. The Hall–Kier alpha value is -4.18. The van der Waals surface area contributed by atoms with Gasteiger partial charge in [0.15, 0.2) is 6.29 Å². The molecule has 2 aliphatic carbocycles. The second-order valence-electron chi connectivity index (χ2n) is 15.0. The quantitative estimate of drug-likeness (QED) is 0.0816. The first-order chi connectivity index (χ1) is 27.0. The summed E-state index contributed by atoms with van der Waals surface area (Å²) in [7, 11) is -1.57. The summed E-state index contributed by atoms with van der Waals surface area (Å²) < 4.78 is 13.1. The number of carbonyl (C=O) groups is 2. The van der Waals surface area contributed by atoms with Crippen molar-refractivity contribution in [2.24, 2.45) is 11.8 Å². The van der Waals surface area contributed by atoms with Crippen LogP contribution in [0.4, 0.5) is 0 Å². The highest BCUT2D eigenvalue weighted by molar-refractivity contribution is 7.74. The van der Waals surface area contributed by atoms with Crippen LogP contribution in [-0.4, -0.2) is 64.8 Å². The summed E-state index contributed by atoms with van der Waals surface area (Å²) in [5.41, 5.74) is 0.928. The maximum Gasteiger partial charge on any atom is 0.310 e. The SMILES string of the molecule is O=C(OC1CN(C(=O)c2ccccc2)CC1OC(O)C1CCCC1P(c1ccccc1)c1ccccc1)C1CCCC1P(c1ccccc1)c1ccccc1. The van der Waals surface area contributed by atoms with E-state index in [2.05, 4.69) is 109 Å². The van der Waals surface area contributed by atoms with Gasteiger partial charge in [-0.3, -0.25) is 9.59 Å². The van der Waals surface area contributed by atoms with Crippen molar-refractivity contribution in [2.75, 3.05) is 13.1 Å². The van der Waals surface area contributed by atoms with Crippen LogP contribution in [0.1, 0.15) is 48.9 Å². The van der Waals surface area contributed by atoms with Crippen LogP contribution in [0.15, 0.2) is 152 Å². The Morgan fingerprint density at radius 3 is 1.53 bits per heavy atom. The molecule has 7 unspecified atom stereocenters. The largest absolute Gasteiger partial charge is 0.457 e. The predicted molar refractivity (Wildman–Crippen MR) is 224 cm³/mol. The average molecular weight is 770 g/mol. The van der Waals surface area contributed by atoms with Crippen LogP contribution < -0.4 is 21.2 Å². The maximum absolute atomic E-state index is 14.4. The lowest BCUT2D eigenvalue weighted by atomic mass is 10.1. The molecule has 8 rings (SSSR count). The van der Waals surface area contributed by atoms with Gasteiger partial charge in [-0.1, -0.05) is 152 Å². The molecule has 0 radical (unpaired) electrons. The Morgan fingerprint density at radius 1 is 0.564 bits per heavy atom. The van der Waals surface area contributed by atoms with Crippen LogP contribution in [0.5, 0.6) is 0 Å². The van der Waals surface area contributed by atoms with Gasteiger partial charge in [-0.2, -0.15) is 0 Å². The molecule has 3 fully saturated rings. The normalized spacial score (nSPS) is 24.3. The zero-order valence-corrected chi connectivity index (χ0v) is 32.8. The molecule has 0 aromatic heterocycles. The van der Waals surface area contributed by atoms with Crippen molar-refractivity contribution in [2.45, 2.75) is 68.3 Å². The van der Waals surface area contributed by atoms with Gasteiger partial charge in [-0.25, -0.2) is 0 Å². The molecule has 1 amide bonds. The van der Waals surface area contributed by atoms with E-state index in [1.165, 1.54) is 21.2 Å². The van der Waals surface area contributed by atoms with E-state index in [0.29, 0.717) is 5.56 Å². The number of benzene rings is 5. The van der Waals surface area contributed by atoms with E-state index in [-0.39, 0.29) is 48.1 Å². The third-order valence-electron chi connectivity index (χ3n) is 11.6. The maximum atomic E-state index is 14.4. The van der Waals surface area contributed by atoms with Crippen molar-refractivity contribution in [3.05, 3.63) is 157 Å². The van der Waals surface area contributed by atoms with Crippen LogP contribution >= 0.6 is 15.8 Å². The molecule has 3 aliphatic rings. The molecule has 0 bridgehead atoms. The van der Waals surface area contributed by atoms with E-state index < -0.39 is 34.3 Å². The van der Waals surface area contributed by atoms with Crippen LogP contribution in [0, 0.1) is 11.8 Å². The first-order valence-electron chi connectivity index (χ1n) is 19.7. The van der Waals surface area contributed by atoms with Gasteiger partial charge >= 0.3 is 5.97 Å². The minimum Gasteiger partial charge on any atom is -0.457 e. The van der Waals surface area contributed by atoms with Gasteiger partial charge in [0.1, 0.15) is 12.2 Å². The van der Waals surface area contributed by atoms with Gasteiger partial charge < -0.3 is 19.5 Å². The number of amides is 1. The number of esters is 1. The van der Waals surface area contributed by atoms with Gasteiger partial charge in [0, 0.05) is 17.1 Å². The van der Waals surface area contributed by atoms with Crippen molar-refractivity contribution in [3.8, 4) is 0 Å². The molecule has 1 heterocycles. The van der Waals surface area contributed by atoms with Gasteiger partial charge in [-0.05, 0) is 80.5 Å². The summed E-state index contributed by atoms with van der Waals surface area (Å²) in [6.07, 6.45) is 3.11. The molecule has 2 saturated carbocycles. The minimum atomic E-state index is -1.06. The van der Waals surface area contributed by atoms with Crippen LogP contribution in [0.2, 0.25) is 0 Å². The van der Waals surface area contributed by atoms with E-state index in [4.69, 9.17) is 9.47 Å². The first kappa shape index (κ1) is 37.7. The number of nitrogens with zero attached hydrogens (tertiary/aromatic N) is 1. The zero-order chi connectivity index (χ0) is 37.6. The number of rotatable bonds is 12. The molecule has 282 valence electrons. The first-order valence-corrected chi connectivity index (χ1v) is 22.5. The lowest BCUT2D eigenvalue weighted by Crippen LogP contribution is -2.41. The highest BCUT2D eigenvalue weighted by Crippen LogP contribution is 2.52. The number of aliphatic hydroxyl groups is 1. The van der Waals surface area contributed by atoms with E-state index in [0.717, 1.165) is 38.5 Å². The van der Waals surface area contributed by atoms with E-state index >= 15 is 0 Å². The molecule has 8 heteroatoms. The Kier molecular flexibility index (Phi) is 12.2. The lowest BCUT2D eigenvalue weighted by Gasteiger charge is -2.34. The number of aliphatic hydroxyl groups excluding tert-OH is 1. The molecule has 0 spiro atoms. The fourth-order valence-electron chi connectivity index (χ4n) is 9.00. The summed E-state index contributed by atoms with van der Waals surface area (Å²) in [6, 6.07) is 51.7. The second kappa shape index (κ2) is 17.7. The van der Waals surface area contributed by atoms with Crippen molar-refractivity contribution >= 4 is 48.9 Å². The van der Waals surface area contributed by atoms with E-state index in [1.807, 2.05) is 42.5 Å². The molecule has 7 atom stereocenters. The number of hydrogen-bond acceptors (Lipinski definition) is 5. The van der Waals surface area contributed by atoms with Crippen molar-refractivity contribution < 1.29 is 24.2 Å². The summed E-state index contributed by atoms with van der Waals surface area (Å²) in [6.45, 7) is 0.455. The molecular formula is C47H49NO5P2. The van der Waals surface area contributed by atoms with E-state index in [9.17, 15) is 14.7 Å².